The summed E-state index contributed by atoms with van der Waals surface area (Å²) in [6.45, 7) is 7.42. The van der Waals surface area contributed by atoms with Crippen molar-refractivity contribution in [1.29, 1.82) is 0 Å². The standard InChI is InChI=1S/C19H29NO5/c1-12(2)15(17(21)24-6)20-16(19(3,4)18(22)25-7)13-8-10-14(23-5)11-9-13/h8-12,15-16,20H,1-7H3/t15-,16+/m0/s1. The Labute approximate surface area is 149 Å². The van der Waals surface area contributed by atoms with Gasteiger partial charge in [0.2, 0.25) is 0 Å². The van der Waals surface area contributed by atoms with E-state index in [0.29, 0.717) is 5.75 Å². The minimum absolute atomic E-state index is 0.0124. The second-order valence-electron chi connectivity index (χ2n) is 6.83. The second kappa shape index (κ2) is 8.85. The molecule has 0 aliphatic heterocycles. The third-order valence-corrected chi connectivity index (χ3v) is 4.35. The van der Waals surface area contributed by atoms with Crippen LogP contribution in [0.2, 0.25) is 0 Å². The van der Waals surface area contributed by atoms with Crippen LogP contribution in [-0.2, 0) is 19.1 Å². The van der Waals surface area contributed by atoms with Crippen LogP contribution in [0.4, 0.5) is 0 Å². The van der Waals surface area contributed by atoms with Crippen molar-refractivity contribution in [3.8, 4) is 5.75 Å². The molecule has 0 bridgehead atoms. The van der Waals surface area contributed by atoms with Crippen LogP contribution in [0, 0.1) is 11.3 Å². The zero-order valence-corrected chi connectivity index (χ0v) is 16.1. The number of ether oxygens (including phenoxy) is 3. The molecule has 0 aliphatic carbocycles. The quantitative estimate of drug-likeness (QED) is 0.726. The first-order valence-corrected chi connectivity index (χ1v) is 8.25. The summed E-state index contributed by atoms with van der Waals surface area (Å²) in [7, 11) is 4.30. The fourth-order valence-corrected chi connectivity index (χ4v) is 2.74. The van der Waals surface area contributed by atoms with Crippen molar-refractivity contribution in [3.05, 3.63) is 29.8 Å². The molecule has 140 valence electrons. The number of hydrogen-bond acceptors (Lipinski definition) is 6. The summed E-state index contributed by atoms with van der Waals surface area (Å²) in [5, 5.41) is 3.30. The van der Waals surface area contributed by atoms with Crippen molar-refractivity contribution in [2.75, 3.05) is 21.3 Å². The van der Waals surface area contributed by atoms with E-state index >= 15 is 0 Å². The molecule has 1 rings (SSSR count). The predicted octanol–water partition coefficient (Wildman–Crippen LogP) is 2.72. The Balaban J connectivity index is 3.31. The SMILES string of the molecule is COC(=O)[C@@H](N[C@H](c1ccc(OC)cc1)C(C)(C)C(=O)OC)C(C)C. The highest BCUT2D eigenvalue weighted by Crippen LogP contribution is 2.36. The maximum atomic E-state index is 12.4. The molecule has 0 aromatic heterocycles. The molecule has 1 aromatic rings. The number of carbonyl (C=O) groups is 2. The monoisotopic (exact) mass is 351 g/mol. The topological polar surface area (TPSA) is 73.9 Å². The van der Waals surface area contributed by atoms with E-state index in [2.05, 4.69) is 5.32 Å². The molecule has 0 radical (unpaired) electrons. The summed E-state index contributed by atoms with van der Waals surface area (Å²) in [4.78, 5) is 24.5. The molecule has 1 aromatic carbocycles. The molecule has 0 heterocycles. The van der Waals surface area contributed by atoms with E-state index in [9.17, 15) is 9.59 Å². The van der Waals surface area contributed by atoms with Crippen molar-refractivity contribution < 1.29 is 23.8 Å². The van der Waals surface area contributed by atoms with Crippen LogP contribution in [0.5, 0.6) is 5.75 Å². The van der Waals surface area contributed by atoms with Gasteiger partial charge in [-0.1, -0.05) is 26.0 Å². The van der Waals surface area contributed by atoms with Gasteiger partial charge in [0.25, 0.3) is 0 Å². The summed E-state index contributed by atoms with van der Waals surface area (Å²) in [6.07, 6.45) is 0. The molecule has 0 saturated carbocycles. The normalized spacial score (nSPS) is 13.9. The van der Waals surface area contributed by atoms with Crippen LogP contribution in [0.15, 0.2) is 24.3 Å². The van der Waals surface area contributed by atoms with Crippen molar-refractivity contribution >= 4 is 11.9 Å². The molecule has 0 aliphatic rings. The van der Waals surface area contributed by atoms with E-state index in [1.165, 1.54) is 14.2 Å². The lowest BCUT2D eigenvalue weighted by Gasteiger charge is -2.36. The largest absolute Gasteiger partial charge is 0.497 e. The first-order valence-electron chi connectivity index (χ1n) is 8.25. The summed E-state index contributed by atoms with van der Waals surface area (Å²) in [5.41, 5.74) is -0.0458. The van der Waals surface area contributed by atoms with Gasteiger partial charge in [-0.05, 0) is 37.5 Å². The molecule has 1 N–H and O–H groups in total. The summed E-state index contributed by atoms with van der Waals surface area (Å²) in [5.74, 6) is -0.0317. The Morgan fingerprint density at radius 2 is 1.56 bits per heavy atom. The predicted molar refractivity (Wildman–Crippen MR) is 95.3 cm³/mol. The lowest BCUT2D eigenvalue weighted by molar-refractivity contribution is -0.154. The molecule has 0 unspecified atom stereocenters. The van der Waals surface area contributed by atoms with E-state index in [1.54, 1.807) is 21.0 Å². The first kappa shape index (κ1) is 21.0. The van der Waals surface area contributed by atoms with Crippen LogP contribution in [0.3, 0.4) is 0 Å². The summed E-state index contributed by atoms with van der Waals surface area (Å²) < 4.78 is 15.1. The van der Waals surface area contributed by atoms with Gasteiger partial charge in [-0.25, -0.2) is 0 Å². The zero-order chi connectivity index (χ0) is 19.2. The van der Waals surface area contributed by atoms with Crippen molar-refractivity contribution in [1.82, 2.24) is 5.32 Å². The van der Waals surface area contributed by atoms with Gasteiger partial charge in [-0.3, -0.25) is 14.9 Å². The van der Waals surface area contributed by atoms with Crippen LogP contribution < -0.4 is 10.1 Å². The van der Waals surface area contributed by atoms with E-state index in [4.69, 9.17) is 14.2 Å². The lowest BCUT2D eigenvalue weighted by Crippen LogP contribution is -2.49. The third-order valence-electron chi connectivity index (χ3n) is 4.35. The Bertz CT molecular complexity index is 580. The van der Waals surface area contributed by atoms with E-state index in [0.717, 1.165) is 5.56 Å². The molecule has 25 heavy (non-hydrogen) atoms. The highest BCUT2D eigenvalue weighted by molar-refractivity contribution is 5.78. The summed E-state index contributed by atoms with van der Waals surface area (Å²) in [6, 6.07) is 6.38. The molecule has 0 spiro atoms. The number of nitrogens with one attached hydrogen (secondary N) is 1. The van der Waals surface area contributed by atoms with Gasteiger partial charge >= 0.3 is 11.9 Å². The fraction of sp³-hybridized carbons (Fsp3) is 0.579. The molecule has 0 amide bonds. The molecule has 0 fully saturated rings. The van der Waals surface area contributed by atoms with E-state index < -0.39 is 17.5 Å². The van der Waals surface area contributed by atoms with Crippen LogP contribution >= 0.6 is 0 Å². The average Bonchev–Trinajstić information content (AvgIpc) is 2.60. The van der Waals surface area contributed by atoms with Crippen molar-refractivity contribution in [2.45, 2.75) is 39.8 Å². The number of carbonyl (C=O) groups excluding carboxylic acids is 2. The van der Waals surface area contributed by atoms with Crippen LogP contribution in [0.25, 0.3) is 0 Å². The van der Waals surface area contributed by atoms with Gasteiger partial charge in [-0.15, -0.1) is 0 Å². The molecular formula is C19H29NO5. The molecular weight excluding hydrogens is 322 g/mol. The van der Waals surface area contributed by atoms with Gasteiger partial charge in [0, 0.05) is 6.04 Å². The maximum absolute atomic E-state index is 12.4. The van der Waals surface area contributed by atoms with Crippen LogP contribution in [0.1, 0.15) is 39.3 Å². The van der Waals surface area contributed by atoms with E-state index in [-0.39, 0.29) is 17.9 Å². The number of esters is 2. The van der Waals surface area contributed by atoms with Gasteiger partial charge in [0.15, 0.2) is 0 Å². The average molecular weight is 351 g/mol. The zero-order valence-electron chi connectivity index (χ0n) is 16.1. The molecule has 0 saturated heterocycles. The second-order valence-corrected chi connectivity index (χ2v) is 6.83. The third kappa shape index (κ3) is 4.95. The Morgan fingerprint density at radius 3 is 1.96 bits per heavy atom. The highest BCUT2D eigenvalue weighted by Gasteiger charge is 2.41. The minimum atomic E-state index is -0.898. The van der Waals surface area contributed by atoms with Gasteiger partial charge < -0.3 is 14.2 Å². The molecule has 6 heteroatoms. The van der Waals surface area contributed by atoms with Crippen molar-refractivity contribution in [2.24, 2.45) is 11.3 Å². The Kier molecular flexibility index (Phi) is 7.42. The van der Waals surface area contributed by atoms with Gasteiger partial charge in [-0.2, -0.15) is 0 Å². The van der Waals surface area contributed by atoms with E-state index in [1.807, 2.05) is 38.1 Å². The fourth-order valence-electron chi connectivity index (χ4n) is 2.74. The number of benzene rings is 1. The molecule has 6 nitrogen and oxygen atoms in total. The highest BCUT2D eigenvalue weighted by atomic mass is 16.5. The number of hydrogen-bond donors (Lipinski definition) is 1. The maximum Gasteiger partial charge on any atom is 0.323 e. The Hall–Kier alpha value is -2.08. The van der Waals surface area contributed by atoms with Gasteiger partial charge in [0.05, 0.1) is 26.7 Å². The summed E-state index contributed by atoms with van der Waals surface area (Å²) >= 11 is 0. The number of methoxy groups -OCH3 is 3. The van der Waals surface area contributed by atoms with Gasteiger partial charge in [0.1, 0.15) is 11.8 Å². The Morgan fingerprint density at radius 1 is 1.00 bits per heavy atom. The van der Waals surface area contributed by atoms with Crippen molar-refractivity contribution in [3.63, 3.8) is 0 Å². The lowest BCUT2D eigenvalue weighted by atomic mass is 9.79. The molecule has 2 atom stereocenters. The minimum Gasteiger partial charge on any atom is -0.497 e. The smallest absolute Gasteiger partial charge is 0.323 e. The number of rotatable bonds is 8. The first-order chi connectivity index (χ1) is 11.7. The van der Waals surface area contributed by atoms with Crippen LogP contribution in [-0.4, -0.2) is 39.3 Å².